The second-order valence-electron chi connectivity index (χ2n) is 4.91. The average molecular weight is 251 g/mol. The quantitative estimate of drug-likeness (QED) is 0.732. The maximum Gasteiger partial charge on any atom is 0.157 e. The Morgan fingerprint density at radius 1 is 1.06 bits per heavy atom. The minimum absolute atomic E-state index is 0.0303. The van der Waals surface area contributed by atoms with Crippen LogP contribution in [0.1, 0.15) is 39.2 Å². The Kier molecular flexibility index (Phi) is 5.99. The van der Waals surface area contributed by atoms with Crippen LogP contribution in [0.15, 0.2) is 18.2 Å². The van der Waals surface area contributed by atoms with Gasteiger partial charge in [0.2, 0.25) is 0 Å². The molecule has 0 aliphatic carbocycles. The van der Waals surface area contributed by atoms with Crippen molar-refractivity contribution in [2.45, 2.75) is 46.1 Å². The van der Waals surface area contributed by atoms with E-state index >= 15 is 0 Å². The minimum atomic E-state index is -0.0506. The van der Waals surface area contributed by atoms with Gasteiger partial charge in [-0.1, -0.05) is 19.9 Å². The molecule has 3 nitrogen and oxygen atoms in total. The summed E-state index contributed by atoms with van der Waals surface area (Å²) in [6.45, 7) is 8.83. The van der Waals surface area contributed by atoms with E-state index < -0.39 is 0 Å². The summed E-state index contributed by atoms with van der Waals surface area (Å²) in [6.07, 6.45) is 3.21. The summed E-state index contributed by atoms with van der Waals surface area (Å²) in [4.78, 5) is 2.48. The van der Waals surface area contributed by atoms with Gasteiger partial charge in [0, 0.05) is 6.04 Å². The fraction of sp³-hybridized carbons (Fsp3) is 0.600. The fourth-order valence-corrected chi connectivity index (χ4v) is 2.29. The first kappa shape index (κ1) is 14.8. The molecule has 102 valence electrons. The van der Waals surface area contributed by atoms with E-state index in [-0.39, 0.29) is 11.5 Å². The largest absolute Gasteiger partial charge is 0.504 e. The fourth-order valence-electron chi connectivity index (χ4n) is 2.29. The van der Waals surface area contributed by atoms with Crippen LogP contribution in [0.2, 0.25) is 0 Å². The van der Waals surface area contributed by atoms with Crippen LogP contribution in [-0.4, -0.2) is 34.2 Å². The van der Waals surface area contributed by atoms with Gasteiger partial charge in [0.05, 0.1) is 0 Å². The van der Waals surface area contributed by atoms with Crippen molar-refractivity contribution in [1.29, 1.82) is 0 Å². The Bertz CT molecular complexity index is 360. The van der Waals surface area contributed by atoms with Crippen LogP contribution in [0.25, 0.3) is 0 Å². The van der Waals surface area contributed by atoms with Crippen LogP contribution in [0.3, 0.4) is 0 Å². The molecule has 1 atom stereocenters. The lowest BCUT2D eigenvalue weighted by atomic mass is 10.0. The Morgan fingerprint density at radius 3 is 2.17 bits per heavy atom. The van der Waals surface area contributed by atoms with Crippen LogP contribution in [0.4, 0.5) is 0 Å². The first-order valence-electron chi connectivity index (χ1n) is 6.83. The van der Waals surface area contributed by atoms with Gasteiger partial charge in [-0.05, 0) is 57.0 Å². The molecule has 0 fully saturated rings. The molecule has 1 unspecified atom stereocenters. The van der Waals surface area contributed by atoms with Crippen molar-refractivity contribution in [2.24, 2.45) is 0 Å². The molecular weight excluding hydrogens is 226 g/mol. The van der Waals surface area contributed by atoms with Gasteiger partial charge in [0.1, 0.15) is 0 Å². The summed E-state index contributed by atoms with van der Waals surface area (Å²) in [6, 6.07) is 5.54. The van der Waals surface area contributed by atoms with E-state index in [1.165, 1.54) is 0 Å². The van der Waals surface area contributed by atoms with Gasteiger partial charge in [-0.25, -0.2) is 0 Å². The standard InChI is InChI=1S/C15H25NO2/c1-4-8-16(9-5-2)12(3)10-13-6-7-14(17)15(18)11-13/h6-7,11-12,17-18H,4-5,8-10H2,1-3H3. The highest BCUT2D eigenvalue weighted by Gasteiger charge is 2.13. The van der Waals surface area contributed by atoms with Crippen molar-refractivity contribution < 1.29 is 10.2 Å². The molecule has 0 bridgehead atoms. The van der Waals surface area contributed by atoms with E-state index in [9.17, 15) is 10.2 Å². The first-order chi connectivity index (χ1) is 8.58. The number of phenols is 2. The van der Waals surface area contributed by atoms with Crippen molar-refractivity contribution in [3.05, 3.63) is 23.8 Å². The van der Waals surface area contributed by atoms with Crippen molar-refractivity contribution >= 4 is 0 Å². The van der Waals surface area contributed by atoms with Gasteiger partial charge in [0.25, 0.3) is 0 Å². The molecular formula is C15H25NO2. The topological polar surface area (TPSA) is 43.7 Å². The van der Waals surface area contributed by atoms with Crippen LogP contribution >= 0.6 is 0 Å². The number of benzene rings is 1. The molecule has 0 saturated carbocycles. The van der Waals surface area contributed by atoms with Gasteiger partial charge >= 0.3 is 0 Å². The van der Waals surface area contributed by atoms with E-state index in [2.05, 4.69) is 25.7 Å². The molecule has 0 aliphatic heterocycles. The second-order valence-corrected chi connectivity index (χ2v) is 4.91. The number of nitrogens with zero attached hydrogens (tertiary/aromatic N) is 1. The number of aromatic hydroxyl groups is 2. The molecule has 18 heavy (non-hydrogen) atoms. The Hall–Kier alpha value is -1.22. The van der Waals surface area contributed by atoms with Crippen molar-refractivity contribution in [2.75, 3.05) is 13.1 Å². The highest BCUT2D eigenvalue weighted by atomic mass is 16.3. The third kappa shape index (κ3) is 4.22. The molecule has 0 amide bonds. The third-order valence-electron chi connectivity index (χ3n) is 3.22. The predicted octanol–water partition coefficient (Wildman–Crippen LogP) is 3.15. The zero-order chi connectivity index (χ0) is 13.5. The van der Waals surface area contributed by atoms with Gasteiger partial charge < -0.3 is 15.1 Å². The molecule has 0 heterocycles. The van der Waals surface area contributed by atoms with Gasteiger partial charge in [0.15, 0.2) is 11.5 Å². The molecule has 0 saturated heterocycles. The van der Waals surface area contributed by atoms with Crippen LogP contribution < -0.4 is 0 Å². The van der Waals surface area contributed by atoms with Crippen molar-refractivity contribution in [3.63, 3.8) is 0 Å². The maximum absolute atomic E-state index is 9.49. The van der Waals surface area contributed by atoms with E-state index in [1.54, 1.807) is 12.1 Å². The number of phenolic OH excluding ortho intramolecular Hbond substituents is 2. The monoisotopic (exact) mass is 251 g/mol. The smallest absolute Gasteiger partial charge is 0.157 e. The molecule has 0 aromatic heterocycles. The van der Waals surface area contributed by atoms with Crippen molar-refractivity contribution in [1.82, 2.24) is 4.90 Å². The van der Waals surface area contributed by atoms with Crippen LogP contribution in [-0.2, 0) is 6.42 Å². The second kappa shape index (κ2) is 7.27. The molecule has 0 radical (unpaired) electrons. The summed E-state index contributed by atoms with van der Waals surface area (Å²) in [7, 11) is 0. The zero-order valence-electron chi connectivity index (χ0n) is 11.7. The third-order valence-corrected chi connectivity index (χ3v) is 3.22. The lowest BCUT2D eigenvalue weighted by molar-refractivity contribution is 0.208. The predicted molar refractivity (Wildman–Crippen MR) is 75.1 cm³/mol. The van der Waals surface area contributed by atoms with Crippen molar-refractivity contribution in [3.8, 4) is 11.5 Å². The molecule has 0 spiro atoms. The Labute approximate surface area is 110 Å². The zero-order valence-corrected chi connectivity index (χ0v) is 11.7. The first-order valence-corrected chi connectivity index (χ1v) is 6.83. The van der Waals surface area contributed by atoms with Gasteiger partial charge in [-0.15, -0.1) is 0 Å². The van der Waals surface area contributed by atoms with Crippen LogP contribution in [0.5, 0.6) is 11.5 Å². The molecule has 0 aliphatic rings. The Balaban J connectivity index is 2.66. The summed E-state index contributed by atoms with van der Waals surface area (Å²) in [5.41, 5.74) is 1.06. The molecule has 2 N–H and O–H groups in total. The SMILES string of the molecule is CCCN(CCC)C(C)Cc1ccc(O)c(O)c1. The molecule has 1 aromatic rings. The number of hydrogen-bond donors (Lipinski definition) is 2. The maximum atomic E-state index is 9.49. The molecule has 1 rings (SSSR count). The highest BCUT2D eigenvalue weighted by molar-refractivity contribution is 5.40. The minimum Gasteiger partial charge on any atom is -0.504 e. The van der Waals surface area contributed by atoms with E-state index in [1.807, 2.05) is 6.07 Å². The molecule has 1 aromatic carbocycles. The van der Waals surface area contributed by atoms with E-state index in [4.69, 9.17) is 0 Å². The lowest BCUT2D eigenvalue weighted by Crippen LogP contribution is -2.35. The van der Waals surface area contributed by atoms with E-state index in [0.717, 1.165) is 37.9 Å². The summed E-state index contributed by atoms with van der Waals surface area (Å²) in [5.74, 6) is -0.0809. The normalized spacial score (nSPS) is 12.9. The highest BCUT2D eigenvalue weighted by Crippen LogP contribution is 2.25. The summed E-state index contributed by atoms with van der Waals surface area (Å²) < 4.78 is 0. The molecule has 3 heteroatoms. The summed E-state index contributed by atoms with van der Waals surface area (Å²) >= 11 is 0. The Morgan fingerprint density at radius 2 is 1.67 bits per heavy atom. The van der Waals surface area contributed by atoms with E-state index in [0.29, 0.717) is 6.04 Å². The van der Waals surface area contributed by atoms with Crippen LogP contribution in [0, 0.1) is 0 Å². The number of rotatable bonds is 7. The number of hydrogen-bond acceptors (Lipinski definition) is 3. The average Bonchev–Trinajstić information content (AvgIpc) is 2.33. The lowest BCUT2D eigenvalue weighted by Gasteiger charge is -2.28. The summed E-state index contributed by atoms with van der Waals surface area (Å²) in [5, 5.41) is 18.8. The van der Waals surface area contributed by atoms with Gasteiger partial charge in [-0.2, -0.15) is 0 Å². The van der Waals surface area contributed by atoms with Gasteiger partial charge in [-0.3, -0.25) is 0 Å².